The van der Waals surface area contributed by atoms with Crippen LogP contribution >= 0.6 is 0 Å². The van der Waals surface area contributed by atoms with Gasteiger partial charge in [0.25, 0.3) is 5.56 Å². The highest BCUT2D eigenvalue weighted by molar-refractivity contribution is 6.07. The molecule has 5 nitrogen and oxygen atoms in total. The monoisotopic (exact) mass is 456 g/mol. The Labute approximate surface area is 203 Å². The first-order valence-electron chi connectivity index (χ1n) is 11.8. The van der Waals surface area contributed by atoms with E-state index in [4.69, 9.17) is 10.1 Å². The number of rotatable bonds is 4. The van der Waals surface area contributed by atoms with Crippen LogP contribution in [0.25, 0.3) is 11.0 Å². The third-order valence-corrected chi connectivity index (χ3v) is 6.49. The second-order valence-corrected chi connectivity index (χ2v) is 8.68. The number of aromatic amines is 1. The number of hydrogen-bond acceptors (Lipinski definition) is 4. The second kappa shape index (κ2) is 9.03. The van der Waals surface area contributed by atoms with Gasteiger partial charge in [-0.3, -0.25) is 4.79 Å². The maximum Gasteiger partial charge on any atom is 0.270 e. The SMILES string of the molecule is O=c1[nH]c2ccccc2nc1C1CCc2ccccc2C1=NN(c1ccccc1)c1ccccc1. The molecule has 0 amide bonds. The van der Waals surface area contributed by atoms with Gasteiger partial charge in [0.1, 0.15) is 5.69 Å². The minimum Gasteiger partial charge on any atom is -0.319 e. The molecule has 0 aliphatic heterocycles. The lowest BCUT2D eigenvalue weighted by molar-refractivity contribution is 0.714. The highest BCUT2D eigenvalue weighted by atomic mass is 16.1. The van der Waals surface area contributed by atoms with Gasteiger partial charge in [-0.15, -0.1) is 0 Å². The summed E-state index contributed by atoms with van der Waals surface area (Å²) in [5.74, 6) is -0.229. The van der Waals surface area contributed by atoms with Crippen LogP contribution in [-0.2, 0) is 6.42 Å². The fourth-order valence-corrected chi connectivity index (χ4v) is 4.79. The molecular formula is C30H24N4O. The number of nitrogens with zero attached hydrogens (tertiary/aromatic N) is 3. The van der Waals surface area contributed by atoms with Crippen LogP contribution in [0.1, 0.15) is 29.2 Å². The third-order valence-electron chi connectivity index (χ3n) is 6.49. The van der Waals surface area contributed by atoms with Gasteiger partial charge in [0.15, 0.2) is 0 Å². The van der Waals surface area contributed by atoms with Crippen molar-refractivity contribution < 1.29 is 0 Å². The fourth-order valence-electron chi connectivity index (χ4n) is 4.79. The first-order chi connectivity index (χ1) is 17.3. The van der Waals surface area contributed by atoms with Gasteiger partial charge in [-0.2, -0.15) is 5.10 Å². The van der Waals surface area contributed by atoms with Crippen molar-refractivity contribution in [2.75, 3.05) is 5.01 Å². The highest BCUT2D eigenvalue weighted by Gasteiger charge is 2.31. The summed E-state index contributed by atoms with van der Waals surface area (Å²) in [6, 6.07) is 36.2. The highest BCUT2D eigenvalue weighted by Crippen LogP contribution is 2.34. The molecule has 170 valence electrons. The average molecular weight is 457 g/mol. The third kappa shape index (κ3) is 4.02. The number of nitrogens with one attached hydrogen (secondary N) is 1. The zero-order valence-corrected chi connectivity index (χ0v) is 19.1. The molecule has 6 rings (SSSR count). The molecular weight excluding hydrogens is 432 g/mol. The fraction of sp³-hybridized carbons (Fsp3) is 0.100. The number of hydrazone groups is 1. The molecule has 0 fully saturated rings. The Kier molecular flexibility index (Phi) is 5.43. The molecule has 5 aromatic rings. The summed E-state index contributed by atoms with van der Waals surface area (Å²) in [5.41, 5.74) is 6.93. The van der Waals surface area contributed by atoms with Gasteiger partial charge < -0.3 is 4.98 Å². The van der Waals surface area contributed by atoms with Crippen LogP contribution < -0.4 is 10.6 Å². The molecule has 1 heterocycles. The molecule has 1 N–H and O–H groups in total. The van der Waals surface area contributed by atoms with E-state index in [2.05, 4.69) is 23.2 Å². The van der Waals surface area contributed by atoms with Gasteiger partial charge >= 0.3 is 0 Å². The average Bonchev–Trinajstić information content (AvgIpc) is 2.92. The zero-order chi connectivity index (χ0) is 23.6. The predicted octanol–water partition coefficient (Wildman–Crippen LogP) is 6.20. The number of aromatic nitrogens is 2. The molecule has 0 bridgehead atoms. The summed E-state index contributed by atoms with van der Waals surface area (Å²) in [6.45, 7) is 0. The molecule has 1 aliphatic carbocycles. The molecule has 4 aromatic carbocycles. The van der Waals surface area contributed by atoms with Gasteiger partial charge in [-0.1, -0.05) is 72.8 Å². The number of benzene rings is 4. The molecule has 1 atom stereocenters. The first kappa shape index (κ1) is 21.1. The van der Waals surface area contributed by atoms with Crippen molar-refractivity contribution in [3.63, 3.8) is 0 Å². The minimum absolute atomic E-state index is 0.160. The standard InChI is InChI=1S/C30H24N4O/c35-30-29(31-26-17-9-10-18-27(26)32-30)25-20-19-21-11-7-8-16-24(21)28(25)33-34(22-12-3-1-4-13-22)23-14-5-2-6-15-23/h1-18,25H,19-20H2,(H,32,35). The molecule has 1 aliphatic rings. The second-order valence-electron chi connectivity index (χ2n) is 8.68. The molecule has 5 heteroatoms. The van der Waals surface area contributed by atoms with E-state index >= 15 is 0 Å². The van der Waals surface area contributed by atoms with Crippen LogP contribution in [0.4, 0.5) is 11.4 Å². The maximum absolute atomic E-state index is 13.2. The van der Waals surface area contributed by atoms with Crippen LogP contribution in [0, 0.1) is 0 Å². The van der Waals surface area contributed by atoms with Crippen molar-refractivity contribution in [2.45, 2.75) is 18.8 Å². The lowest BCUT2D eigenvalue weighted by Gasteiger charge is -2.29. The number of aryl methyl sites for hydroxylation is 1. The number of hydrogen-bond donors (Lipinski definition) is 1. The Morgan fingerprint density at radius 3 is 2.14 bits per heavy atom. The Morgan fingerprint density at radius 1 is 0.771 bits per heavy atom. The van der Waals surface area contributed by atoms with Crippen molar-refractivity contribution in [3.05, 3.63) is 136 Å². The smallest absolute Gasteiger partial charge is 0.270 e. The Bertz CT molecular complexity index is 1540. The molecule has 0 saturated heterocycles. The van der Waals surface area contributed by atoms with E-state index in [-0.39, 0.29) is 11.5 Å². The van der Waals surface area contributed by atoms with Crippen molar-refractivity contribution >= 4 is 28.1 Å². The summed E-state index contributed by atoms with van der Waals surface area (Å²) >= 11 is 0. The largest absolute Gasteiger partial charge is 0.319 e. The van der Waals surface area contributed by atoms with Crippen LogP contribution in [0.15, 0.2) is 119 Å². The van der Waals surface area contributed by atoms with Gasteiger partial charge in [-0.05, 0) is 54.8 Å². The quantitative estimate of drug-likeness (QED) is 0.328. The summed E-state index contributed by atoms with van der Waals surface area (Å²) in [6.07, 6.45) is 1.63. The summed E-state index contributed by atoms with van der Waals surface area (Å²) in [7, 11) is 0. The normalized spacial score (nSPS) is 16.2. The molecule has 1 unspecified atom stereocenters. The number of H-pyrrole nitrogens is 1. The van der Waals surface area contributed by atoms with E-state index in [0.29, 0.717) is 5.69 Å². The molecule has 1 aromatic heterocycles. The van der Waals surface area contributed by atoms with E-state index in [0.717, 1.165) is 46.5 Å². The minimum atomic E-state index is -0.229. The molecule has 0 spiro atoms. The maximum atomic E-state index is 13.2. The van der Waals surface area contributed by atoms with Crippen LogP contribution in [0.5, 0.6) is 0 Å². The number of para-hydroxylation sites is 4. The topological polar surface area (TPSA) is 61.4 Å². The van der Waals surface area contributed by atoms with E-state index in [9.17, 15) is 4.79 Å². The van der Waals surface area contributed by atoms with E-state index in [1.807, 2.05) is 96.0 Å². The molecule has 0 radical (unpaired) electrons. The predicted molar refractivity (Wildman–Crippen MR) is 141 cm³/mol. The van der Waals surface area contributed by atoms with E-state index in [1.165, 1.54) is 5.56 Å². The lowest BCUT2D eigenvalue weighted by Crippen LogP contribution is -2.30. The molecule has 35 heavy (non-hydrogen) atoms. The van der Waals surface area contributed by atoms with Crippen molar-refractivity contribution in [2.24, 2.45) is 5.10 Å². The Balaban J connectivity index is 1.57. The van der Waals surface area contributed by atoms with Gasteiger partial charge in [0.2, 0.25) is 0 Å². The van der Waals surface area contributed by atoms with E-state index in [1.54, 1.807) is 0 Å². The number of fused-ring (bicyclic) bond motifs is 2. The molecule has 0 saturated carbocycles. The van der Waals surface area contributed by atoms with Crippen molar-refractivity contribution in [1.82, 2.24) is 9.97 Å². The number of anilines is 2. The Hall–Kier alpha value is -4.51. The van der Waals surface area contributed by atoms with Gasteiger partial charge in [0, 0.05) is 5.56 Å². The van der Waals surface area contributed by atoms with Gasteiger partial charge in [0.05, 0.1) is 34.0 Å². The van der Waals surface area contributed by atoms with Crippen LogP contribution in [0.2, 0.25) is 0 Å². The van der Waals surface area contributed by atoms with Crippen molar-refractivity contribution in [1.29, 1.82) is 0 Å². The van der Waals surface area contributed by atoms with Crippen LogP contribution in [0.3, 0.4) is 0 Å². The van der Waals surface area contributed by atoms with Crippen molar-refractivity contribution in [3.8, 4) is 0 Å². The zero-order valence-electron chi connectivity index (χ0n) is 19.1. The summed E-state index contributed by atoms with van der Waals surface area (Å²) in [4.78, 5) is 21.1. The first-order valence-corrected chi connectivity index (χ1v) is 11.8. The van der Waals surface area contributed by atoms with Crippen LogP contribution in [-0.4, -0.2) is 15.7 Å². The van der Waals surface area contributed by atoms with E-state index < -0.39 is 0 Å². The summed E-state index contributed by atoms with van der Waals surface area (Å²) in [5, 5.41) is 7.21. The summed E-state index contributed by atoms with van der Waals surface area (Å²) < 4.78 is 0. The Morgan fingerprint density at radius 2 is 1.40 bits per heavy atom. The van der Waals surface area contributed by atoms with Gasteiger partial charge in [-0.25, -0.2) is 9.99 Å². The lowest BCUT2D eigenvalue weighted by atomic mass is 9.80.